The highest BCUT2D eigenvalue weighted by molar-refractivity contribution is 5.36. The maximum absolute atomic E-state index is 10.7. The van der Waals surface area contributed by atoms with E-state index in [1.54, 1.807) is 13.0 Å². The number of pyridine rings is 1. The van der Waals surface area contributed by atoms with E-state index < -0.39 is 4.92 Å². The molecule has 1 aromatic rings. The van der Waals surface area contributed by atoms with Gasteiger partial charge in [0.2, 0.25) is 0 Å². The van der Waals surface area contributed by atoms with Crippen LogP contribution in [0.15, 0.2) is 12.1 Å². The number of aryl methyl sites for hydroxylation is 1. The molecule has 94 valence electrons. The van der Waals surface area contributed by atoms with Crippen molar-refractivity contribution >= 4 is 5.69 Å². The molecule has 0 fully saturated rings. The van der Waals surface area contributed by atoms with Crippen molar-refractivity contribution in [2.75, 3.05) is 7.05 Å². The second-order valence-electron chi connectivity index (χ2n) is 4.19. The molecule has 0 bridgehead atoms. The standard InChI is InChI=1S/C12H19N3O2/c1-5-10(13-4)8(2)11-6-7-12(15(16)17)9(3)14-11/h6-8,10,13H,5H2,1-4H3. The lowest BCUT2D eigenvalue weighted by Gasteiger charge is -2.21. The molecule has 1 rings (SSSR count). The molecule has 0 aliphatic heterocycles. The third-order valence-corrected chi connectivity index (χ3v) is 3.16. The van der Waals surface area contributed by atoms with E-state index in [0.29, 0.717) is 11.7 Å². The van der Waals surface area contributed by atoms with E-state index in [2.05, 4.69) is 24.1 Å². The highest BCUT2D eigenvalue weighted by Crippen LogP contribution is 2.23. The maximum Gasteiger partial charge on any atom is 0.290 e. The van der Waals surface area contributed by atoms with Gasteiger partial charge in [-0.3, -0.25) is 15.1 Å². The monoisotopic (exact) mass is 237 g/mol. The number of nitro groups is 1. The van der Waals surface area contributed by atoms with Gasteiger partial charge in [0, 0.05) is 23.7 Å². The average molecular weight is 237 g/mol. The quantitative estimate of drug-likeness (QED) is 0.630. The Balaban J connectivity index is 3.00. The Morgan fingerprint density at radius 1 is 1.53 bits per heavy atom. The topological polar surface area (TPSA) is 68.1 Å². The highest BCUT2D eigenvalue weighted by atomic mass is 16.6. The average Bonchev–Trinajstić information content (AvgIpc) is 2.29. The Hall–Kier alpha value is -1.49. The van der Waals surface area contributed by atoms with Crippen molar-refractivity contribution in [2.45, 2.75) is 39.2 Å². The fourth-order valence-corrected chi connectivity index (χ4v) is 2.03. The van der Waals surface area contributed by atoms with Crippen LogP contribution in [0.1, 0.15) is 37.6 Å². The molecule has 5 nitrogen and oxygen atoms in total. The first-order chi connectivity index (χ1) is 8.01. The van der Waals surface area contributed by atoms with Crippen molar-refractivity contribution < 1.29 is 4.92 Å². The molecule has 0 aromatic carbocycles. The zero-order valence-electron chi connectivity index (χ0n) is 10.7. The number of hydrogen-bond donors (Lipinski definition) is 1. The molecule has 17 heavy (non-hydrogen) atoms. The van der Waals surface area contributed by atoms with Crippen molar-refractivity contribution in [3.8, 4) is 0 Å². The van der Waals surface area contributed by atoms with Crippen LogP contribution in [-0.4, -0.2) is 23.0 Å². The van der Waals surface area contributed by atoms with Crippen LogP contribution in [0.2, 0.25) is 0 Å². The van der Waals surface area contributed by atoms with Gasteiger partial charge in [0.05, 0.1) is 4.92 Å². The highest BCUT2D eigenvalue weighted by Gasteiger charge is 2.19. The van der Waals surface area contributed by atoms with Crippen molar-refractivity contribution in [1.82, 2.24) is 10.3 Å². The van der Waals surface area contributed by atoms with Gasteiger partial charge in [-0.05, 0) is 26.5 Å². The third kappa shape index (κ3) is 3.00. The lowest BCUT2D eigenvalue weighted by atomic mass is 9.95. The third-order valence-electron chi connectivity index (χ3n) is 3.16. The first kappa shape index (κ1) is 13.6. The SMILES string of the molecule is CCC(NC)C(C)c1ccc([N+](=O)[O-])c(C)n1. The summed E-state index contributed by atoms with van der Waals surface area (Å²) in [6, 6.07) is 3.62. The molecule has 0 amide bonds. The summed E-state index contributed by atoms with van der Waals surface area (Å²) in [6.07, 6.45) is 0.995. The van der Waals surface area contributed by atoms with Gasteiger partial charge in [0.15, 0.2) is 0 Å². The van der Waals surface area contributed by atoms with E-state index in [1.807, 2.05) is 7.05 Å². The largest absolute Gasteiger partial charge is 0.316 e. The van der Waals surface area contributed by atoms with Crippen molar-refractivity contribution in [3.63, 3.8) is 0 Å². The van der Waals surface area contributed by atoms with Gasteiger partial charge >= 0.3 is 0 Å². The summed E-state index contributed by atoms with van der Waals surface area (Å²) in [4.78, 5) is 14.6. The van der Waals surface area contributed by atoms with Gasteiger partial charge in [0.25, 0.3) is 5.69 Å². The van der Waals surface area contributed by atoms with Gasteiger partial charge in [-0.2, -0.15) is 0 Å². The second kappa shape index (κ2) is 5.72. The number of rotatable bonds is 5. The maximum atomic E-state index is 10.7. The molecule has 1 heterocycles. The van der Waals surface area contributed by atoms with Gasteiger partial charge in [0.1, 0.15) is 5.69 Å². The molecule has 2 unspecified atom stereocenters. The van der Waals surface area contributed by atoms with Crippen molar-refractivity contribution in [2.24, 2.45) is 0 Å². The van der Waals surface area contributed by atoms with Gasteiger partial charge in [-0.25, -0.2) is 0 Å². The summed E-state index contributed by atoms with van der Waals surface area (Å²) in [5.74, 6) is 0.240. The van der Waals surface area contributed by atoms with E-state index in [1.165, 1.54) is 6.07 Å². The molecule has 0 aliphatic rings. The lowest BCUT2D eigenvalue weighted by Crippen LogP contribution is -2.30. The van der Waals surface area contributed by atoms with E-state index >= 15 is 0 Å². The molecule has 5 heteroatoms. The van der Waals surface area contributed by atoms with Crippen LogP contribution in [0.25, 0.3) is 0 Å². The number of nitrogens with zero attached hydrogens (tertiary/aromatic N) is 2. The first-order valence-electron chi connectivity index (χ1n) is 5.80. The summed E-state index contributed by atoms with van der Waals surface area (Å²) in [5.41, 5.74) is 1.46. The van der Waals surface area contributed by atoms with Gasteiger partial charge in [-0.15, -0.1) is 0 Å². The second-order valence-corrected chi connectivity index (χ2v) is 4.19. The number of likely N-dealkylation sites (N-methyl/N-ethyl adjacent to an activating group) is 1. The molecule has 0 spiro atoms. The van der Waals surface area contributed by atoms with Crippen LogP contribution in [0.5, 0.6) is 0 Å². The minimum Gasteiger partial charge on any atom is -0.316 e. The molecule has 1 N–H and O–H groups in total. The van der Waals surface area contributed by atoms with Crippen molar-refractivity contribution in [3.05, 3.63) is 33.6 Å². The predicted octanol–water partition coefficient (Wildman–Crippen LogP) is 2.40. The number of aromatic nitrogens is 1. The first-order valence-corrected chi connectivity index (χ1v) is 5.80. The fraction of sp³-hybridized carbons (Fsp3) is 0.583. The summed E-state index contributed by atoms with van der Waals surface area (Å²) in [5, 5.41) is 13.9. The Morgan fingerprint density at radius 3 is 2.59 bits per heavy atom. The molecule has 1 aromatic heterocycles. The number of nitrogens with one attached hydrogen (secondary N) is 1. The Labute approximate surface area is 101 Å². The molecule has 0 saturated carbocycles. The molecule has 0 radical (unpaired) electrons. The number of hydrogen-bond acceptors (Lipinski definition) is 4. The minimum absolute atomic E-state index is 0.0819. The van der Waals surface area contributed by atoms with E-state index in [-0.39, 0.29) is 11.6 Å². The van der Waals surface area contributed by atoms with E-state index in [0.717, 1.165) is 12.1 Å². The Bertz CT molecular complexity index is 403. The summed E-state index contributed by atoms with van der Waals surface area (Å²) in [6.45, 7) is 5.86. The minimum atomic E-state index is -0.397. The molecular formula is C12H19N3O2. The van der Waals surface area contributed by atoms with Gasteiger partial charge in [-0.1, -0.05) is 13.8 Å². The summed E-state index contributed by atoms with van der Waals surface area (Å²) in [7, 11) is 1.92. The smallest absolute Gasteiger partial charge is 0.290 e. The van der Waals surface area contributed by atoms with Crippen LogP contribution >= 0.6 is 0 Å². The Morgan fingerprint density at radius 2 is 2.18 bits per heavy atom. The lowest BCUT2D eigenvalue weighted by molar-refractivity contribution is -0.385. The normalized spacial score (nSPS) is 14.4. The van der Waals surface area contributed by atoms with E-state index in [4.69, 9.17) is 0 Å². The van der Waals surface area contributed by atoms with Crippen LogP contribution in [0, 0.1) is 17.0 Å². The van der Waals surface area contributed by atoms with Crippen LogP contribution < -0.4 is 5.32 Å². The van der Waals surface area contributed by atoms with Crippen LogP contribution in [0.4, 0.5) is 5.69 Å². The van der Waals surface area contributed by atoms with Crippen LogP contribution in [-0.2, 0) is 0 Å². The summed E-state index contributed by atoms with van der Waals surface area (Å²) >= 11 is 0. The fourth-order valence-electron chi connectivity index (χ4n) is 2.03. The Kier molecular flexibility index (Phi) is 4.57. The zero-order chi connectivity index (χ0) is 13.0. The molecule has 0 aliphatic carbocycles. The van der Waals surface area contributed by atoms with Gasteiger partial charge < -0.3 is 5.32 Å². The summed E-state index contributed by atoms with van der Waals surface area (Å²) < 4.78 is 0. The van der Waals surface area contributed by atoms with Crippen LogP contribution in [0.3, 0.4) is 0 Å². The molecule has 0 saturated heterocycles. The predicted molar refractivity (Wildman–Crippen MR) is 67.2 cm³/mol. The molecule has 2 atom stereocenters. The van der Waals surface area contributed by atoms with Crippen molar-refractivity contribution in [1.29, 1.82) is 0 Å². The van der Waals surface area contributed by atoms with E-state index in [9.17, 15) is 10.1 Å². The molecular weight excluding hydrogens is 218 g/mol. The zero-order valence-corrected chi connectivity index (χ0v) is 10.7.